The van der Waals surface area contributed by atoms with Crippen LogP contribution in [-0.2, 0) is 27.7 Å². The van der Waals surface area contributed by atoms with Crippen LogP contribution >= 0.6 is 0 Å². The molecule has 0 bridgehead atoms. The molecule has 3 aromatic rings. The third-order valence-corrected chi connectivity index (χ3v) is 7.11. The number of rotatable bonds is 8. The molecule has 4 rings (SSSR count). The van der Waals surface area contributed by atoms with E-state index in [1.165, 1.54) is 25.7 Å². The van der Waals surface area contributed by atoms with Gasteiger partial charge in [-0.3, -0.25) is 4.79 Å². The lowest BCUT2D eigenvalue weighted by Crippen LogP contribution is -2.17. The summed E-state index contributed by atoms with van der Waals surface area (Å²) in [5.41, 5.74) is 3.85. The first kappa shape index (κ1) is 23.4. The van der Waals surface area contributed by atoms with Crippen molar-refractivity contribution in [2.24, 2.45) is 0 Å². The summed E-state index contributed by atoms with van der Waals surface area (Å²) in [5.74, 6) is 0.448. The number of ketones is 1. The van der Waals surface area contributed by atoms with E-state index >= 15 is 0 Å². The number of fused-ring (bicyclic) bond motifs is 1. The zero-order valence-corrected chi connectivity index (χ0v) is 19.9. The first-order valence-corrected chi connectivity index (χ1v) is 13.7. The molecular weight excluding hydrogens is 434 g/mol. The molecule has 6 heteroatoms. The van der Waals surface area contributed by atoms with E-state index in [1.807, 2.05) is 42.5 Å². The van der Waals surface area contributed by atoms with E-state index in [4.69, 9.17) is 4.74 Å². The molecule has 33 heavy (non-hydrogen) atoms. The van der Waals surface area contributed by atoms with Gasteiger partial charge in [-0.15, -0.1) is 0 Å². The third-order valence-electron chi connectivity index (χ3n) is 6.27. The molecule has 0 atom stereocenters. The lowest BCUT2D eigenvalue weighted by molar-refractivity contribution is -0.116. The number of carbonyl (C=O) groups excluding carboxylic acids is 1. The van der Waals surface area contributed by atoms with Crippen molar-refractivity contribution in [3.8, 4) is 5.75 Å². The highest BCUT2D eigenvalue weighted by atomic mass is 32.2. The summed E-state index contributed by atoms with van der Waals surface area (Å²) in [6.07, 6.45) is 8.25. The van der Waals surface area contributed by atoms with Crippen molar-refractivity contribution >= 4 is 26.5 Å². The summed E-state index contributed by atoms with van der Waals surface area (Å²) in [6, 6.07) is 17.9. The van der Waals surface area contributed by atoms with Gasteiger partial charge < -0.3 is 4.74 Å². The van der Waals surface area contributed by atoms with Gasteiger partial charge in [-0.05, 0) is 54.2 Å². The fraction of sp³-hybridized carbons (Fsp3) is 0.407. The minimum absolute atomic E-state index is 0.144. The molecule has 1 aliphatic rings. The average molecular weight is 466 g/mol. The van der Waals surface area contributed by atoms with E-state index < -0.39 is 15.6 Å². The predicted molar refractivity (Wildman–Crippen MR) is 131 cm³/mol. The van der Waals surface area contributed by atoms with E-state index in [0.717, 1.165) is 52.6 Å². The molecule has 0 amide bonds. The molecule has 1 aromatic heterocycles. The minimum atomic E-state index is -3.33. The van der Waals surface area contributed by atoms with Crippen LogP contribution in [0.5, 0.6) is 5.75 Å². The Labute approximate surface area is 196 Å². The number of hydrogen-bond acceptors (Lipinski definition) is 5. The highest BCUT2D eigenvalue weighted by Crippen LogP contribution is 2.36. The monoisotopic (exact) mass is 465 g/mol. The Morgan fingerprint density at radius 1 is 1.00 bits per heavy atom. The fourth-order valence-corrected chi connectivity index (χ4v) is 5.38. The number of carbonyl (C=O) groups is 1. The maximum Gasteiger partial charge on any atom is 0.154 e. The Bertz CT molecular complexity index is 1230. The highest BCUT2D eigenvalue weighted by Gasteiger charge is 2.21. The molecule has 0 unspecified atom stereocenters. The van der Waals surface area contributed by atoms with Crippen LogP contribution in [0, 0.1) is 0 Å². The van der Waals surface area contributed by atoms with Gasteiger partial charge in [-0.25, -0.2) is 13.4 Å². The lowest BCUT2D eigenvalue weighted by atomic mass is 9.86. The van der Waals surface area contributed by atoms with Crippen LogP contribution in [0.4, 0.5) is 0 Å². The quantitative estimate of drug-likeness (QED) is 0.416. The van der Waals surface area contributed by atoms with Crippen molar-refractivity contribution in [1.82, 2.24) is 4.98 Å². The second-order valence-corrected chi connectivity index (χ2v) is 11.3. The molecule has 0 saturated heterocycles. The summed E-state index contributed by atoms with van der Waals surface area (Å²) >= 11 is 0. The van der Waals surface area contributed by atoms with Gasteiger partial charge in [0, 0.05) is 18.1 Å². The largest absolute Gasteiger partial charge is 0.487 e. The average Bonchev–Trinajstić information content (AvgIpc) is 3.06. The first-order chi connectivity index (χ1) is 15.9. The van der Waals surface area contributed by atoms with Crippen molar-refractivity contribution in [2.45, 2.75) is 57.5 Å². The predicted octanol–water partition coefficient (Wildman–Crippen LogP) is 5.41. The summed E-state index contributed by atoms with van der Waals surface area (Å²) in [7, 11) is -3.33. The number of benzene rings is 2. The number of para-hydroxylation sites is 1. The van der Waals surface area contributed by atoms with Crippen LogP contribution < -0.4 is 4.74 Å². The van der Waals surface area contributed by atoms with Gasteiger partial charge in [0.15, 0.2) is 15.6 Å². The maximum absolute atomic E-state index is 12.4. The van der Waals surface area contributed by atoms with E-state index in [-0.39, 0.29) is 12.2 Å². The highest BCUT2D eigenvalue weighted by molar-refractivity contribution is 7.91. The number of aromatic nitrogens is 1. The molecular formula is C27H31NO4S. The van der Waals surface area contributed by atoms with Crippen LogP contribution in [0.15, 0.2) is 54.6 Å². The van der Waals surface area contributed by atoms with Crippen LogP contribution in [0.2, 0.25) is 0 Å². The fourth-order valence-electron chi connectivity index (χ4n) is 4.70. The van der Waals surface area contributed by atoms with E-state index in [9.17, 15) is 13.2 Å². The summed E-state index contributed by atoms with van der Waals surface area (Å²) < 4.78 is 29.2. The molecule has 1 fully saturated rings. The molecule has 1 aliphatic carbocycles. The Morgan fingerprint density at radius 3 is 2.52 bits per heavy atom. The molecule has 1 saturated carbocycles. The standard InChI is InChI=1S/C27H31NO4S/c1-33(30,31)19-24(29)16-22-13-15-25(17-26(22)20-8-4-2-3-5-9-20)32-18-23-14-12-21-10-6-7-11-27(21)28-23/h6-7,10-15,17,20H,2-5,8-9,16,18-19H2,1H3. The molecule has 0 spiro atoms. The van der Waals surface area contributed by atoms with Crippen molar-refractivity contribution in [3.05, 3.63) is 71.4 Å². The summed E-state index contributed by atoms with van der Waals surface area (Å²) in [4.78, 5) is 17.1. The van der Waals surface area contributed by atoms with Gasteiger partial charge in [-0.1, -0.05) is 56.0 Å². The van der Waals surface area contributed by atoms with Crippen LogP contribution in [0.1, 0.15) is 61.3 Å². The lowest BCUT2D eigenvalue weighted by Gasteiger charge is -2.20. The maximum atomic E-state index is 12.4. The van der Waals surface area contributed by atoms with Crippen molar-refractivity contribution in [2.75, 3.05) is 12.0 Å². The van der Waals surface area contributed by atoms with E-state index in [0.29, 0.717) is 12.5 Å². The van der Waals surface area contributed by atoms with Crippen LogP contribution in [0.25, 0.3) is 10.9 Å². The molecule has 2 aromatic carbocycles. The third kappa shape index (κ3) is 6.64. The number of hydrogen-bond donors (Lipinski definition) is 0. The Morgan fingerprint density at radius 2 is 1.76 bits per heavy atom. The summed E-state index contributed by atoms with van der Waals surface area (Å²) in [5, 5.41) is 1.10. The Kier molecular flexibility index (Phi) is 7.43. The van der Waals surface area contributed by atoms with Gasteiger partial charge in [-0.2, -0.15) is 0 Å². The van der Waals surface area contributed by atoms with Gasteiger partial charge in [0.1, 0.15) is 18.1 Å². The van der Waals surface area contributed by atoms with Crippen LogP contribution in [-0.4, -0.2) is 31.2 Å². The van der Waals surface area contributed by atoms with E-state index in [2.05, 4.69) is 17.1 Å². The Hall–Kier alpha value is -2.73. The zero-order chi connectivity index (χ0) is 23.3. The SMILES string of the molecule is CS(=O)(=O)CC(=O)Cc1ccc(OCc2ccc3ccccc3n2)cc1C1CCCCCC1. The number of Topliss-reactive ketones (excluding diaryl/α,β-unsaturated/α-hetero) is 1. The molecule has 174 valence electrons. The Balaban J connectivity index is 1.54. The smallest absolute Gasteiger partial charge is 0.154 e. The number of nitrogens with zero attached hydrogens (tertiary/aromatic N) is 1. The molecule has 1 heterocycles. The first-order valence-electron chi connectivity index (χ1n) is 11.7. The zero-order valence-electron chi connectivity index (χ0n) is 19.1. The topological polar surface area (TPSA) is 73.3 Å². The number of ether oxygens (including phenoxy) is 1. The van der Waals surface area contributed by atoms with Crippen molar-refractivity contribution in [1.29, 1.82) is 0 Å². The van der Waals surface area contributed by atoms with E-state index in [1.54, 1.807) is 0 Å². The van der Waals surface area contributed by atoms with Gasteiger partial charge in [0.25, 0.3) is 0 Å². The molecule has 0 N–H and O–H groups in total. The van der Waals surface area contributed by atoms with Crippen molar-refractivity contribution in [3.63, 3.8) is 0 Å². The van der Waals surface area contributed by atoms with Crippen molar-refractivity contribution < 1.29 is 17.9 Å². The number of pyridine rings is 1. The van der Waals surface area contributed by atoms with Gasteiger partial charge >= 0.3 is 0 Å². The molecule has 0 radical (unpaired) electrons. The second kappa shape index (κ2) is 10.5. The molecule has 5 nitrogen and oxygen atoms in total. The van der Waals surface area contributed by atoms with Gasteiger partial charge in [0.05, 0.1) is 11.2 Å². The minimum Gasteiger partial charge on any atom is -0.487 e. The molecule has 0 aliphatic heterocycles. The van der Waals surface area contributed by atoms with Gasteiger partial charge in [0.2, 0.25) is 0 Å². The number of sulfone groups is 1. The normalized spacial score (nSPS) is 15.3. The second-order valence-electron chi connectivity index (χ2n) is 9.12. The summed E-state index contributed by atoms with van der Waals surface area (Å²) in [6.45, 7) is 0.362. The van der Waals surface area contributed by atoms with Crippen LogP contribution in [0.3, 0.4) is 0 Å².